The van der Waals surface area contributed by atoms with Crippen molar-refractivity contribution in [3.8, 4) is 0 Å². The molecule has 94 heavy (non-hydrogen) atoms. The lowest BCUT2D eigenvalue weighted by atomic mass is 10.3. The maximum atomic E-state index is 12.6. The summed E-state index contributed by atoms with van der Waals surface area (Å²) in [4.78, 5) is 148. The van der Waals surface area contributed by atoms with E-state index in [0.717, 1.165) is 14.7 Å². The molecule has 0 spiro atoms. The molecule has 530 valence electrons. The van der Waals surface area contributed by atoms with Crippen molar-refractivity contribution in [1.82, 2.24) is 51.5 Å². The van der Waals surface area contributed by atoms with Crippen molar-refractivity contribution in [2.75, 3.05) is 237 Å². The van der Waals surface area contributed by atoms with E-state index in [4.69, 9.17) is 56.8 Å². The first-order valence-electron chi connectivity index (χ1n) is 31.6. The third-order valence-electron chi connectivity index (χ3n) is 13.1. The van der Waals surface area contributed by atoms with Crippen molar-refractivity contribution in [3.63, 3.8) is 0 Å². The van der Waals surface area contributed by atoms with E-state index < -0.39 is 35.4 Å². The van der Waals surface area contributed by atoms with E-state index in [-0.39, 0.29) is 173 Å². The van der Waals surface area contributed by atoms with Crippen LogP contribution >= 0.6 is 0 Å². The van der Waals surface area contributed by atoms with Crippen LogP contribution in [0.5, 0.6) is 0 Å². The molecule has 0 aliphatic carbocycles. The molecule has 3 rings (SSSR count). The van der Waals surface area contributed by atoms with Gasteiger partial charge < -0.3 is 88.7 Å². The Labute approximate surface area is 547 Å². The second-order valence-corrected chi connectivity index (χ2v) is 20.3. The van der Waals surface area contributed by atoms with Crippen LogP contribution in [-0.4, -0.2) is 328 Å². The van der Waals surface area contributed by atoms with Crippen LogP contribution in [0.1, 0.15) is 38.5 Å². The van der Waals surface area contributed by atoms with Gasteiger partial charge in [-0.1, -0.05) is 0 Å². The molecule has 0 radical (unpaired) electrons. The lowest BCUT2D eigenvalue weighted by molar-refractivity contribution is -0.139. The molecule has 0 aromatic carbocycles. The molecule has 0 unspecified atom stereocenters. The number of hydrogen-bond acceptors (Lipinski definition) is 25. The molecular weight excluding hydrogens is 1240 g/mol. The predicted molar refractivity (Wildman–Crippen MR) is 330 cm³/mol. The Bertz CT molecular complexity index is 2080. The fourth-order valence-electron chi connectivity index (χ4n) is 8.09. The van der Waals surface area contributed by atoms with Gasteiger partial charge in [0.2, 0.25) is 35.4 Å². The highest BCUT2D eigenvalue weighted by atomic mass is 16.6. The standard InChI is InChI=1S/C60H96N10O24/c71-49(7-19-68-55(77)1-2-56(68)78)64-16-28-86-34-40-92-46-43-89-37-31-83-25-10-52(74)61-13-22-67(23-14-62-53(75)11-26-84-32-38-90-44-47-93-41-35-87-29-17-65-50(72)8-20-69-57(79)3-4-58(69)80)24-15-63-54(76)12-27-85-33-39-91-45-48-94-42-36-88-30-18-66-51(73)9-21-70-59(81)5-6-60(70)82/h1-6H,7-48H2,(H,61,74)(H,62,75)(H,63,76)(H,64,71)(H,65,72)(H,66,73). The maximum Gasteiger partial charge on any atom is 0.253 e. The zero-order valence-corrected chi connectivity index (χ0v) is 53.7. The molecule has 34 nitrogen and oxygen atoms in total. The molecular formula is C60H96N10O24. The molecule has 12 amide bonds. The lowest BCUT2D eigenvalue weighted by Gasteiger charge is -2.23. The number of hydrogen-bond donors (Lipinski definition) is 6. The smallest absolute Gasteiger partial charge is 0.253 e. The lowest BCUT2D eigenvalue weighted by Crippen LogP contribution is -2.43. The Balaban J connectivity index is 1.17. The number of rotatable bonds is 63. The van der Waals surface area contributed by atoms with Crippen molar-refractivity contribution in [2.24, 2.45) is 0 Å². The van der Waals surface area contributed by atoms with E-state index in [9.17, 15) is 57.5 Å². The van der Waals surface area contributed by atoms with E-state index >= 15 is 0 Å². The second-order valence-electron chi connectivity index (χ2n) is 20.3. The summed E-state index contributed by atoms with van der Waals surface area (Å²) in [5, 5.41) is 16.6. The molecule has 0 aromatic heterocycles. The summed E-state index contributed by atoms with van der Waals surface area (Å²) >= 11 is 0. The molecule has 6 N–H and O–H groups in total. The average molecular weight is 1340 g/mol. The van der Waals surface area contributed by atoms with Crippen LogP contribution in [-0.2, 0) is 114 Å². The summed E-state index contributed by atoms with van der Waals surface area (Å²) < 4.78 is 65.9. The van der Waals surface area contributed by atoms with Gasteiger partial charge in [-0.2, -0.15) is 0 Å². The van der Waals surface area contributed by atoms with Gasteiger partial charge in [-0.25, -0.2) is 0 Å². The molecule has 3 heterocycles. The number of ether oxygens (including phenoxy) is 12. The van der Waals surface area contributed by atoms with Crippen LogP contribution in [0.4, 0.5) is 0 Å². The fraction of sp³-hybridized carbons (Fsp3) is 0.700. The topological polar surface area (TPSA) is 401 Å². The van der Waals surface area contributed by atoms with Crippen LogP contribution in [0, 0.1) is 0 Å². The number of carbonyl (C=O) groups excluding carboxylic acids is 12. The Morgan fingerprint density at radius 3 is 0.628 bits per heavy atom. The van der Waals surface area contributed by atoms with Crippen LogP contribution in [0.15, 0.2) is 36.5 Å². The van der Waals surface area contributed by atoms with E-state index in [1.165, 1.54) is 36.5 Å². The first-order valence-corrected chi connectivity index (χ1v) is 31.6. The van der Waals surface area contributed by atoms with Gasteiger partial charge >= 0.3 is 0 Å². The van der Waals surface area contributed by atoms with E-state index in [1.807, 2.05) is 4.90 Å². The van der Waals surface area contributed by atoms with E-state index in [2.05, 4.69) is 31.9 Å². The highest BCUT2D eigenvalue weighted by Crippen LogP contribution is 2.06. The van der Waals surface area contributed by atoms with Crippen LogP contribution in [0.25, 0.3) is 0 Å². The Hall–Kier alpha value is -7.06. The number of nitrogens with zero attached hydrogens (tertiary/aromatic N) is 4. The second kappa shape index (κ2) is 54.2. The van der Waals surface area contributed by atoms with Gasteiger partial charge in [0.15, 0.2) is 0 Å². The number of nitrogens with one attached hydrogen (secondary N) is 6. The molecule has 34 heteroatoms. The van der Waals surface area contributed by atoms with Crippen molar-refractivity contribution in [2.45, 2.75) is 38.5 Å². The molecule has 0 atom stereocenters. The van der Waals surface area contributed by atoms with Gasteiger partial charge in [0, 0.05) is 154 Å². The van der Waals surface area contributed by atoms with Crippen LogP contribution < -0.4 is 31.9 Å². The monoisotopic (exact) mass is 1340 g/mol. The van der Waals surface area contributed by atoms with Crippen molar-refractivity contribution in [3.05, 3.63) is 36.5 Å². The third kappa shape index (κ3) is 42.3. The Morgan fingerprint density at radius 1 is 0.245 bits per heavy atom. The Kier molecular flexibility index (Phi) is 46.8. The summed E-state index contributed by atoms with van der Waals surface area (Å²) in [5.74, 6) is -4.11. The summed E-state index contributed by atoms with van der Waals surface area (Å²) in [7, 11) is 0. The van der Waals surface area contributed by atoms with Crippen LogP contribution in [0.2, 0.25) is 0 Å². The largest absolute Gasteiger partial charge is 0.379 e. The van der Waals surface area contributed by atoms with Gasteiger partial charge in [0.25, 0.3) is 35.4 Å². The maximum absolute atomic E-state index is 12.6. The first kappa shape index (κ1) is 81.2. The zero-order valence-electron chi connectivity index (χ0n) is 53.7. The SMILES string of the molecule is O=C(CCOCCOCCOCCOCCNC(=O)CCN1C(=O)C=CC1=O)NCCN(CCNC(=O)CCOCCOCCOCCOCCNC(=O)CCN1C(=O)C=CC1=O)CCNC(=O)CCOCCOCCOCCOCCNC(=O)CCN1C(=O)C=CC1=O. The fourth-order valence-corrected chi connectivity index (χ4v) is 8.09. The number of amides is 12. The van der Waals surface area contributed by atoms with Crippen molar-refractivity contribution < 1.29 is 114 Å². The zero-order chi connectivity index (χ0) is 67.9. The highest BCUT2D eigenvalue weighted by molar-refractivity contribution is 6.14. The molecule has 3 aliphatic rings. The summed E-state index contributed by atoms with van der Waals surface area (Å²) in [6.45, 7) is 10.1. The summed E-state index contributed by atoms with van der Waals surface area (Å²) in [6.07, 6.45) is 7.42. The van der Waals surface area contributed by atoms with Gasteiger partial charge in [-0.3, -0.25) is 77.1 Å². The third-order valence-corrected chi connectivity index (χ3v) is 13.1. The summed E-state index contributed by atoms with van der Waals surface area (Å²) in [6, 6.07) is 0. The first-order chi connectivity index (χ1) is 45.7. The number of imide groups is 3. The normalized spacial score (nSPS) is 13.6. The molecule has 0 saturated heterocycles. The minimum absolute atomic E-state index is 0.00466. The highest BCUT2D eigenvalue weighted by Gasteiger charge is 2.26. The van der Waals surface area contributed by atoms with Gasteiger partial charge in [0.1, 0.15) is 0 Å². The quantitative estimate of drug-likeness (QED) is 0.0246. The van der Waals surface area contributed by atoms with Crippen LogP contribution in [0.3, 0.4) is 0 Å². The summed E-state index contributed by atoms with van der Waals surface area (Å²) in [5.41, 5.74) is 0. The molecule has 0 fully saturated rings. The molecule has 3 aliphatic heterocycles. The van der Waals surface area contributed by atoms with Crippen molar-refractivity contribution >= 4 is 70.9 Å². The minimum Gasteiger partial charge on any atom is -0.379 e. The van der Waals surface area contributed by atoms with E-state index in [1.54, 1.807) is 0 Å². The van der Waals surface area contributed by atoms with Gasteiger partial charge in [0.05, 0.1) is 159 Å². The van der Waals surface area contributed by atoms with Gasteiger partial charge in [-0.15, -0.1) is 0 Å². The molecule has 0 aromatic rings. The molecule has 0 saturated carbocycles. The van der Waals surface area contributed by atoms with E-state index in [0.29, 0.717) is 138 Å². The average Bonchev–Trinajstić information content (AvgIpc) is 3.12. The number of carbonyl (C=O) groups is 12. The Morgan fingerprint density at radius 2 is 0.415 bits per heavy atom. The predicted octanol–water partition coefficient (Wildman–Crippen LogP) is -4.70. The van der Waals surface area contributed by atoms with Crippen molar-refractivity contribution in [1.29, 1.82) is 0 Å². The minimum atomic E-state index is -0.432. The van der Waals surface area contributed by atoms with Gasteiger partial charge in [-0.05, 0) is 0 Å². The molecule has 0 bridgehead atoms.